The lowest BCUT2D eigenvalue weighted by molar-refractivity contribution is 0.0956. The van der Waals surface area contributed by atoms with Crippen LogP contribution in [-0.2, 0) is 0 Å². The van der Waals surface area contributed by atoms with Gasteiger partial charge in [-0.05, 0) is 62.6 Å². The van der Waals surface area contributed by atoms with Crippen LogP contribution in [0.3, 0.4) is 0 Å². The van der Waals surface area contributed by atoms with Gasteiger partial charge in [-0.15, -0.1) is 0 Å². The number of amides is 1. The average molecular weight is 287 g/mol. The number of nitrogens with two attached hydrogens (primary N) is 1. The number of anilines is 2. The SMILES string of the molecule is CCNC(=O)c1ccc(N(CC2CC2)CC2CC2)c(N)c1. The number of hydrogen-bond acceptors (Lipinski definition) is 3. The quantitative estimate of drug-likeness (QED) is 0.758. The summed E-state index contributed by atoms with van der Waals surface area (Å²) in [5.74, 6) is 1.63. The molecule has 1 amide bonds. The van der Waals surface area contributed by atoms with E-state index < -0.39 is 0 Å². The molecule has 2 fully saturated rings. The summed E-state index contributed by atoms with van der Waals surface area (Å²) in [4.78, 5) is 14.3. The fraction of sp³-hybridized carbons (Fsp3) is 0.588. The molecule has 0 heterocycles. The summed E-state index contributed by atoms with van der Waals surface area (Å²) in [6.07, 6.45) is 5.38. The molecule has 21 heavy (non-hydrogen) atoms. The topological polar surface area (TPSA) is 58.4 Å². The van der Waals surface area contributed by atoms with E-state index >= 15 is 0 Å². The van der Waals surface area contributed by atoms with E-state index in [1.165, 1.54) is 25.7 Å². The number of nitrogens with one attached hydrogen (secondary N) is 1. The Morgan fingerprint density at radius 1 is 1.24 bits per heavy atom. The normalized spacial score (nSPS) is 17.6. The van der Waals surface area contributed by atoms with Gasteiger partial charge in [0.05, 0.1) is 11.4 Å². The minimum atomic E-state index is -0.0494. The van der Waals surface area contributed by atoms with Gasteiger partial charge in [-0.1, -0.05) is 0 Å². The standard InChI is InChI=1S/C17H25N3O/c1-2-19-17(21)14-7-8-16(15(18)9-14)20(10-12-3-4-12)11-13-5-6-13/h7-9,12-13H,2-6,10-11,18H2,1H3,(H,19,21). The third kappa shape index (κ3) is 3.69. The Morgan fingerprint density at radius 3 is 2.33 bits per heavy atom. The van der Waals surface area contributed by atoms with Crippen molar-refractivity contribution in [1.82, 2.24) is 5.32 Å². The van der Waals surface area contributed by atoms with Crippen LogP contribution in [0.25, 0.3) is 0 Å². The molecule has 1 aromatic rings. The van der Waals surface area contributed by atoms with E-state index in [9.17, 15) is 4.79 Å². The van der Waals surface area contributed by atoms with Crippen molar-refractivity contribution >= 4 is 17.3 Å². The lowest BCUT2D eigenvalue weighted by Crippen LogP contribution is -2.29. The summed E-state index contributed by atoms with van der Waals surface area (Å²) in [6.45, 7) is 4.78. The van der Waals surface area contributed by atoms with Gasteiger partial charge in [0.25, 0.3) is 5.91 Å². The van der Waals surface area contributed by atoms with Crippen molar-refractivity contribution < 1.29 is 4.79 Å². The molecular formula is C17H25N3O. The van der Waals surface area contributed by atoms with Crippen LogP contribution in [0.5, 0.6) is 0 Å². The maximum atomic E-state index is 11.9. The molecule has 0 unspecified atom stereocenters. The number of carbonyl (C=O) groups is 1. The van der Waals surface area contributed by atoms with Crippen molar-refractivity contribution in [2.45, 2.75) is 32.6 Å². The molecule has 3 rings (SSSR count). The van der Waals surface area contributed by atoms with E-state index in [0.29, 0.717) is 12.1 Å². The fourth-order valence-electron chi connectivity index (χ4n) is 2.74. The summed E-state index contributed by atoms with van der Waals surface area (Å²) in [7, 11) is 0. The number of benzene rings is 1. The average Bonchev–Trinajstić information content (AvgIpc) is 3.34. The van der Waals surface area contributed by atoms with Gasteiger partial charge in [-0.25, -0.2) is 0 Å². The second-order valence-corrected chi connectivity index (χ2v) is 6.42. The predicted molar refractivity (Wildman–Crippen MR) is 86.5 cm³/mol. The first-order chi connectivity index (χ1) is 10.2. The molecule has 0 aromatic heterocycles. The smallest absolute Gasteiger partial charge is 0.251 e. The fourth-order valence-corrected chi connectivity index (χ4v) is 2.74. The van der Waals surface area contributed by atoms with Gasteiger partial charge in [0.15, 0.2) is 0 Å². The first-order valence-corrected chi connectivity index (χ1v) is 8.10. The molecule has 114 valence electrons. The Bertz CT molecular complexity index is 507. The number of hydrogen-bond donors (Lipinski definition) is 2. The zero-order valence-electron chi connectivity index (χ0n) is 12.8. The van der Waals surface area contributed by atoms with E-state index in [1.54, 1.807) is 0 Å². The molecule has 2 aliphatic carbocycles. The van der Waals surface area contributed by atoms with E-state index in [-0.39, 0.29) is 5.91 Å². The molecule has 3 N–H and O–H groups in total. The van der Waals surface area contributed by atoms with Crippen molar-refractivity contribution in [3.8, 4) is 0 Å². The molecule has 0 saturated heterocycles. The highest BCUT2D eigenvalue weighted by Crippen LogP contribution is 2.37. The Kier molecular flexibility index (Phi) is 4.04. The molecule has 4 nitrogen and oxygen atoms in total. The van der Waals surface area contributed by atoms with Crippen LogP contribution in [0.15, 0.2) is 18.2 Å². The van der Waals surface area contributed by atoms with E-state index in [1.807, 2.05) is 25.1 Å². The minimum Gasteiger partial charge on any atom is -0.397 e. The van der Waals surface area contributed by atoms with E-state index in [0.717, 1.165) is 36.3 Å². The summed E-state index contributed by atoms with van der Waals surface area (Å²) in [5, 5.41) is 2.81. The van der Waals surface area contributed by atoms with Crippen LogP contribution in [0.4, 0.5) is 11.4 Å². The first-order valence-electron chi connectivity index (χ1n) is 8.10. The first kappa shape index (κ1) is 14.2. The van der Waals surface area contributed by atoms with Gasteiger partial charge < -0.3 is 16.0 Å². The second kappa shape index (κ2) is 5.96. The van der Waals surface area contributed by atoms with Crippen molar-refractivity contribution in [2.75, 3.05) is 30.3 Å². The second-order valence-electron chi connectivity index (χ2n) is 6.42. The Labute approximate surface area is 126 Å². The van der Waals surface area contributed by atoms with Crippen LogP contribution in [0.2, 0.25) is 0 Å². The van der Waals surface area contributed by atoms with Gasteiger partial charge in [0.1, 0.15) is 0 Å². The zero-order valence-corrected chi connectivity index (χ0v) is 12.8. The van der Waals surface area contributed by atoms with E-state index in [2.05, 4.69) is 10.2 Å². The van der Waals surface area contributed by atoms with Crippen LogP contribution >= 0.6 is 0 Å². The molecule has 2 aliphatic rings. The number of nitrogen functional groups attached to an aromatic ring is 1. The summed E-state index contributed by atoms with van der Waals surface area (Å²) >= 11 is 0. The van der Waals surface area contributed by atoms with Gasteiger partial charge in [-0.2, -0.15) is 0 Å². The lowest BCUT2D eigenvalue weighted by atomic mass is 10.1. The van der Waals surface area contributed by atoms with E-state index in [4.69, 9.17) is 5.73 Å². The molecule has 0 radical (unpaired) electrons. The highest BCUT2D eigenvalue weighted by atomic mass is 16.1. The maximum absolute atomic E-state index is 11.9. The van der Waals surface area contributed by atoms with Crippen LogP contribution < -0.4 is 16.0 Å². The maximum Gasteiger partial charge on any atom is 0.251 e. The van der Waals surface area contributed by atoms with Crippen molar-refractivity contribution in [2.24, 2.45) is 11.8 Å². The molecule has 4 heteroatoms. The predicted octanol–water partition coefficient (Wildman–Crippen LogP) is 2.64. The van der Waals surface area contributed by atoms with Crippen LogP contribution in [0.1, 0.15) is 43.0 Å². The number of rotatable bonds is 7. The molecule has 0 aliphatic heterocycles. The highest BCUT2D eigenvalue weighted by Gasteiger charge is 2.30. The Hall–Kier alpha value is -1.71. The van der Waals surface area contributed by atoms with Gasteiger partial charge in [0, 0.05) is 25.2 Å². The Morgan fingerprint density at radius 2 is 1.86 bits per heavy atom. The van der Waals surface area contributed by atoms with Crippen LogP contribution in [-0.4, -0.2) is 25.5 Å². The third-order valence-corrected chi connectivity index (χ3v) is 4.32. The van der Waals surface area contributed by atoms with Gasteiger partial charge in [-0.3, -0.25) is 4.79 Å². The molecule has 0 atom stereocenters. The zero-order chi connectivity index (χ0) is 14.8. The van der Waals surface area contributed by atoms with Crippen molar-refractivity contribution in [1.29, 1.82) is 0 Å². The van der Waals surface area contributed by atoms with Gasteiger partial charge in [0.2, 0.25) is 0 Å². The summed E-state index contributed by atoms with van der Waals surface area (Å²) in [6, 6.07) is 5.72. The molecule has 0 bridgehead atoms. The Balaban J connectivity index is 1.76. The van der Waals surface area contributed by atoms with Crippen molar-refractivity contribution in [3.63, 3.8) is 0 Å². The lowest BCUT2D eigenvalue weighted by Gasteiger charge is -2.26. The van der Waals surface area contributed by atoms with Crippen molar-refractivity contribution in [3.05, 3.63) is 23.8 Å². The number of nitrogens with zero attached hydrogens (tertiary/aromatic N) is 1. The largest absolute Gasteiger partial charge is 0.397 e. The molecular weight excluding hydrogens is 262 g/mol. The molecule has 1 aromatic carbocycles. The summed E-state index contributed by atoms with van der Waals surface area (Å²) < 4.78 is 0. The minimum absolute atomic E-state index is 0.0494. The van der Waals surface area contributed by atoms with Gasteiger partial charge >= 0.3 is 0 Å². The molecule has 0 spiro atoms. The number of carbonyl (C=O) groups excluding carboxylic acids is 1. The summed E-state index contributed by atoms with van der Waals surface area (Å²) in [5.41, 5.74) is 8.70. The highest BCUT2D eigenvalue weighted by molar-refractivity contribution is 5.96. The monoisotopic (exact) mass is 287 g/mol. The molecule has 2 saturated carbocycles. The third-order valence-electron chi connectivity index (χ3n) is 4.32. The van der Waals surface area contributed by atoms with Crippen LogP contribution in [0, 0.1) is 11.8 Å².